The number of alkyl halides is 1. The molecule has 1 aromatic heterocycles. The molecule has 0 amide bonds. The number of carbonyl (C=O) groups is 1. The van der Waals surface area contributed by atoms with Gasteiger partial charge in [-0.2, -0.15) is 0 Å². The van der Waals surface area contributed by atoms with Crippen molar-refractivity contribution in [3.05, 3.63) is 35.7 Å². The number of rotatable bonds is 13. The van der Waals surface area contributed by atoms with Crippen molar-refractivity contribution in [2.75, 3.05) is 26.4 Å². The normalized spacial score (nSPS) is 11.5. The zero-order valence-electron chi connectivity index (χ0n) is 16.6. The molecule has 162 valence electrons. The van der Waals surface area contributed by atoms with Gasteiger partial charge in [-0.1, -0.05) is 11.1 Å². The van der Waals surface area contributed by atoms with E-state index < -0.39 is 11.3 Å². The van der Waals surface area contributed by atoms with Crippen LogP contribution >= 0.6 is 11.6 Å². The van der Waals surface area contributed by atoms with Gasteiger partial charge >= 0.3 is 5.97 Å². The quantitative estimate of drug-likeness (QED) is 0.218. The Labute approximate surface area is 179 Å². The number of benzene rings is 1. The van der Waals surface area contributed by atoms with Crippen LogP contribution in [0.15, 0.2) is 24.4 Å². The van der Waals surface area contributed by atoms with E-state index in [0.29, 0.717) is 35.9 Å². The zero-order chi connectivity index (χ0) is 21.8. The van der Waals surface area contributed by atoms with Crippen molar-refractivity contribution >= 4 is 17.6 Å². The van der Waals surface area contributed by atoms with E-state index in [0.717, 1.165) is 0 Å². The minimum Gasteiger partial charge on any atom is -0.487 e. The Morgan fingerprint density at radius 2 is 2.03 bits per heavy atom. The number of esters is 1. The smallest absolute Gasteiger partial charge is 0.324 e. The predicted octanol–water partition coefficient (Wildman–Crippen LogP) is 1.55. The van der Waals surface area contributed by atoms with Gasteiger partial charge in [0.15, 0.2) is 0 Å². The molecule has 0 saturated carbocycles. The van der Waals surface area contributed by atoms with Crippen LogP contribution in [0.2, 0.25) is 0 Å². The van der Waals surface area contributed by atoms with Crippen LogP contribution in [0.1, 0.15) is 18.2 Å². The molecule has 1 heterocycles. The maximum atomic E-state index is 11.6. The Morgan fingerprint density at radius 1 is 1.27 bits per heavy atom. The summed E-state index contributed by atoms with van der Waals surface area (Å²) in [6.45, 7) is 3.01. The second-order valence-corrected chi connectivity index (χ2v) is 6.78. The molecule has 0 fully saturated rings. The van der Waals surface area contributed by atoms with Gasteiger partial charge in [-0.05, 0) is 24.6 Å². The summed E-state index contributed by atoms with van der Waals surface area (Å²) in [5, 5.41) is 16.0. The highest BCUT2D eigenvalue weighted by Gasteiger charge is 2.12. The number of aliphatic hydroxyl groups is 1. The lowest BCUT2D eigenvalue weighted by Crippen LogP contribution is -2.14. The van der Waals surface area contributed by atoms with E-state index in [1.807, 2.05) is 0 Å². The number of aromatic nitrogens is 3. The minimum atomic E-state index is -0.738. The summed E-state index contributed by atoms with van der Waals surface area (Å²) >= 11 is 5.71. The van der Waals surface area contributed by atoms with E-state index >= 15 is 0 Å². The molecule has 0 radical (unpaired) electrons. The summed E-state index contributed by atoms with van der Waals surface area (Å²) in [5.74, 6) is 2.86. The van der Waals surface area contributed by atoms with Crippen molar-refractivity contribution in [1.29, 1.82) is 0 Å². The summed E-state index contributed by atoms with van der Waals surface area (Å²) in [6.07, 6.45) is 6.99. The minimum absolute atomic E-state index is 0.0174. The average Bonchev–Trinajstić information content (AvgIpc) is 3.19. The topological polar surface area (TPSA) is 105 Å². The van der Waals surface area contributed by atoms with Gasteiger partial charge in [0.1, 0.15) is 42.4 Å². The molecule has 30 heavy (non-hydrogen) atoms. The Balaban J connectivity index is 1.97. The van der Waals surface area contributed by atoms with Crippen LogP contribution < -0.4 is 9.47 Å². The number of hydrogen-bond donors (Lipinski definition) is 1. The number of hydrogen-bond acceptors (Lipinski definition) is 8. The number of aliphatic hydroxyl groups excluding tert-OH is 1. The van der Waals surface area contributed by atoms with Crippen molar-refractivity contribution in [2.24, 2.45) is 0 Å². The van der Waals surface area contributed by atoms with Gasteiger partial charge < -0.3 is 24.1 Å². The zero-order valence-corrected chi connectivity index (χ0v) is 17.4. The first kappa shape index (κ1) is 23.5. The van der Waals surface area contributed by atoms with E-state index in [1.165, 1.54) is 6.92 Å². The van der Waals surface area contributed by atoms with Gasteiger partial charge in [-0.25, -0.2) is 4.68 Å². The number of ether oxygens (including phenoxy) is 4. The molecule has 10 heteroatoms. The van der Waals surface area contributed by atoms with Crippen molar-refractivity contribution in [2.45, 2.75) is 32.1 Å². The Hall–Kier alpha value is -2.80. The van der Waals surface area contributed by atoms with E-state index in [4.69, 9.17) is 42.1 Å². The van der Waals surface area contributed by atoms with Gasteiger partial charge in [0.2, 0.25) is 0 Å². The van der Waals surface area contributed by atoms with Crippen LogP contribution in [0.5, 0.6) is 11.5 Å². The van der Waals surface area contributed by atoms with Crippen molar-refractivity contribution < 1.29 is 28.8 Å². The molecular formula is C20H24ClN3O6. The maximum absolute atomic E-state index is 11.6. The molecule has 0 aliphatic heterocycles. The van der Waals surface area contributed by atoms with Crippen LogP contribution in [-0.2, 0) is 34.0 Å². The predicted molar refractivity (Wildman–Crippen MR) is 108 cm³/mol. The summed E-state index contributed by atoms with van der Waals surface area (Å²) < 4.78 is 23.2. The highest BCUT2D eigenvalue weighted by atomic mass is 35.5. The van der Waals surface area contributed by atoms with Crippen LogP contribution in [0.3, 0.4) is 0 Å². The fourth-order valence-electron chi connectivity index (χ4n) is 2.27. The maximum Gasteiger partial charge on any atom is 0.324 e. The molecule has 0 saturated heterocycles. The molecule has 2 rings (SSSR count). The third kappa shape index (κ3) is 8.29. The summed E-state index contributed by atoms with van der Waals surface area (Å²) in [7, 11) is 0. The van der Waals surface area contributed by atoms with E-state index in [2.05, 4.69) is 16.2 Å². The first-order chi connectivity index (χ1) is 14.5. The fraction of sp³-hybridized carbons (Fsp3) is 0.450. The molecule has 1 unspecified atom stereocenters. The summed E-state index contributed by atoms with van der Waals surface area (Å²) in [6, 6.07) is 5.11. The van der Waals surface area contributed by atoms with Crippen molar-refractivity contribution in [3.63, 3.8) is 0 Å². The van der Waals surface area contributed by atoms with Gasteiger partial charge in [-0.15, -0.1) is 23.1 Å². The Bertz CT molecular complexity index is 849. The molecule has 0 spiro atoms. The third-order valence-corrected chi connectivity index (χ3v) is 3.82. The lowest BCUT2D eigenvalue weighted by molar-refractivity contribution is -0.144. The summed E-state index contributed by atoms with van der Waals surface area (Å²) in [4.78, 5) is 11.6. The van der Waals surface area contributed by atoms with Gasteiger partial charge in [0.25, 0.3) is 0 Å². The number of nitrogens with zero attached hydrogens (tertiary/aromatic N) is 3. The standard InChI is InChI=1S/C20H24ClN3O6/c1-3-6-28-18-9-16(13-30-20(26)15(2)21)10-19(11-18)29-14-17-12-24(23-22-17)4-7-27-8-5-25/h1,9-12,15,25H,4-8,13-14H2,2H3. The average molecular weight is 438 g/mol. The monoisotopic (exact) mass is 437 g/mol. The first-order valence-electron chi connectivity index (χ1n) is 9.23. The SMILES string of the molecule is C#CCOc1cc(COC(=O)C(C)Cl)cc(OCc2cn(CCOCCO)nn2)c1. The van der Waals surface area contributed by atoms with Crippen molar-refractivity contribution in [3.8, 4) is 23.8 Å². The largest absolute Gasteiger partial charge is 0.487 e. The highest BCUT2D eigenvalue weighted by molar-refractivity contribution is 6.29. The molecule has 1 atom stereocenters. The molecule has 0 aliphatic carbocycles. The molecule has 2 aromatic rings. The molecule has 1 aromatic carbocycles. The number of halogens is 1. The summed E-state index contributed by atoms with van der Waals surface area (Å²) in [5.41, 5.74) is 1.28. The molecule has 9 nitrogen and oxygen atoms in total. The highest BCUT2D eigenvalue weighted by Crippen LogP contribution is 2.24. The second-order valence-electron chi connectivity index (χ2n) is 6.13. The van der Waals surface area contributed by atoms with Crippen LogP contribution in [-0.4, -0.2) is 57.9 Å². The molecule has 1 N–H and O–H groups in total. The van der Waals surface area contributed by atoms with Gasteiger partial charge in [0.05, 0.1) is 32.6 Å². The van der Waals surface area contributed by atoms with Gasteiger partial charge in [-0.3, -0.25) is 4.79 Å². The van der Waals surface area contributed by atoms with Crippen LogP contribution in [0.25, 0.3) is 0 Å². The Morgan fingerprint density at radius 3 is 2.73 bits per heavy atom. The number of carbonyl (C=O) groups excluding carboxylic acids is 1. The molecule has 0 aliphatic rings. The first-order valence-corrected chi connectivity index (χ1v) is 9.66. The van der Waals surface area contributed by atoms with E-state index in [1.54, 1.807) is 29.1 Å². The molecule has 0 bridgehead atoms. The fourth-order valence-corrected chi connectivity index (χ4v) is 2.33. The molecular weight excluding hydrogens is 414 g/mol. The van der Waals surface area contributed by atoms with Crippen LogP contribution in [0.4, 0.5) is 0 Å². The van der Waals surface area contributed by atoms with Crippen molar-refractivity contribution in [1.82, 2.24) is 15.0 Å². The lowest BCUT2D eigenvalue weighted by atomic mass is 10.2. The van der Waals surface area contributed by atoms with Crippen LogP contribution in [0, 0.1) is 12.3 Å². The van der Waals surface area contributed by atoms with E-state index in [9.17, 15) is 4.79 Å². The second kappa shape index (κ2) is 12.7. The number of terminal acetylenes is 1. The van der Waals surface area contributed by atoms with Gasteiger partial charge in [0, 0.05) is 6.07 Å². The lowest BCUT2D eigenvalue weighted by Gasteiger charge is -2.12. The Kier molecular flexibility index (Phi) is 9.94. The van der Waals surface area contributed by atoms with E-state index in [-0.39, 0.29) is 33.0 Å². The third-order valence-electron chi connectivity index (χ3n) is 3.64.